The van der Waals surface area contributed by atoms with Crippen LogP contribution in [0.4, 0.5) is 0 Å². The summed E-state index contributed by atoms with van der Waals surface area (Å²) in [7, 11) is 4.28. The summed E-state index contributed by atoms with van der Waals surface area (Å²) in [5.74, 6) is -2.28. The molecule has 2 fully saturated rings. The first kappa shape index (κ1) is 29.1. The van der Waals surface area contributed by atoms with Crippen LogP contribution < -0.4 is 5.32 Å². The molecule has 2 saturated heterocycles. The molecule has 198 valence electrons. The topological polar surface area (TPSA) is 136 Å². The van der Waals surface area contributed by atoms with Gasteiger partial charge in [-0.25, -0.2) is 0 Å². The van der Waals surface area contributed by atoms with Crippen LogP contribution in [0.25, 0.3) is 0 Å². The maximum absolute atomic E-state index is 13.1. The van der Waals surface area contributed by atoms with Crippen LogP contribution in [0.1, 0.15) is 47.0 Å². The summed E-state index contributed by atoms with van der Waals surface area (Å²) in [4.78, 5) is 13.1. The minimum absolute atomic E-state index is 0.0533. The van der Waals surface area contributed by atoms with Gasteiger partial charge in [0.25, 0.3) is 5.91 Å². The Morgan fingerprint density at radius 1 is 1.26 bits per heavy atom. The number of carbonyl (C=O) groups excluding carboxylic acids is 1. The molecule has 10 nitrogen and oxygen atoms in total. The van der Waals surface area contributed by atoms with Crippen LogP contribution in [0.3, 0.4) is 0 Å². The summed E-state index contributed by atoms with van der Waals surface area (Å²) in [6, 6.07) is 0. The average molecular weight is 490 g/mol. The predicted molar refractivity (Wildman–Crippen MR) is 124 cm³/mol. The number of aliphatic hydroxyl groups is 3. The first-order valence-electron chi connectivity index (χ1n) is 11.8. The molecule has 10 heteroatoms. The Hall–Kier alpha value is -1.11. The molecule has 0 aromatic carbocycles. The van der Waals surface area contributed by atoms with Crippen LogP contribution in [0.15, 0.2) is 12.2 Å². The molecule has 1 amide bonds. The Bertz CT molecular complexity index is 698. The number of carbonyl (C=O) groups is 1. The number of ether oxygens (including phenoxy) is 5. The van der Waals surface area contributed by atoms with E-state index in [1.807, 2.05) is 27.7 Å². The molecule has 0 spiro atoms. The van der Waals surface area contributed by atoms with E-state index in [0.717, 1.165) is 5.57 Å². The normalized spacial score (nSPS) is 36.5. The molecule has 0 aromatic heterocycles. The summed E-state index contributed by atoms with van der Waals surface area (Å²) in [5, 5.41) is 34.0. The lowest BCUT2D eigenvalue weighted by Gasteiger charge is -2.48. The molecular weight excluding hydrogens is 446 g/mol. The first-order valence-corrected chi connectivity index (χ1v) is 11.8. The number of methoxy groups -OCH3 is 3. The van der Waals surface area contributed by atoms with Gasteiger partial charge in [-0.3, -0.25) is 4.79 Å². The fourth-order valence-electron chi connectivity index (χ4n) is 4.60. The maximum Gasteiger partial charge on any atom is 0.256 e. The predicted octanol–water partition coefficient (Wildman–Crippen LogP) is 0.722. The van der Waals surface area contributed by atoms with Gasteiger partial charge in [-0.2, -0.15) is 0 Å². The molecule has 0 radical (unpaired) electrons. The second-order valence-corrected chi connectivity index (χ2v) is 10.0. The Labute approximate surface area is 202 Å². The zero-order chi connectivity index (χ0) is 25.8. The fraction of sp³-hybridized carbons (Fsp3) is 0.875. The third kappa shape index (κ3) is 5.99. The number of hydrogen-bond donors (Lipinski definition) is 4. The largest absolute Gasteiger partial charge is 0.394 e. The van der Waals surface area contributed by atoms with E-state index in [2.05, 4.69) is 11.9 Å². The van der Waals surface area contributed by atoms with Crippen LogP contribution in [0.5, 0.6) is 0 Å². The Kier molecular flexibility index (Phi) is 10.1. The van der Waals surface area contributed by atoms with E-state index in [0.29, 0.717) is 6.42 Å². The molecule has 0 aliphatic carbocycles. The number of rotatable bonds is 10. The number of hydrogen-bond acceptors (Lipinski definition) is 9. The van der Waals surface area contributed by atoms with Crippen LogP contribution >= 0.6 is 0 Å². The zero-order valence-electron chi connectivity index (χ0n) is 21.4. The standard InChI is InChI=1S/C24H43NO9/c1-13-11-24(32-8,34-15(3)14(13)2)20(28)21(29)25-22(31-7)17-10-18(27)23(4,5)19(33-17)9-16(12-26)30-6/h14-20,22,26-28H,1,9-12H2,2-8H3,(H,25,29)/t14-,15-,16+,17?,18-,19-,20-,22+,24-/m1/s1. The van der Waals surface area contributed by atoms with Gasteiger partial charge in [0.1, 0.15) is 6.10 Å². The lowest BCUT2D eigenvalue weighted by molar-refractivity contribution is -0.298. The molecule has 0 saturated carbocycles. The van der Waals surface area contributed by atoms with Crippen molar-refractivity contribution in [1.82, 2.24) is 5.32 Å². The highest BCUT2D eigenvalue weighted by Gasteiger charge is 2.51. The smallest absolute Gasteiger partial charge is 0.256 e. The average Bonchev–Trinajstić information content (AvgIpc) is 2.80. The third-order valence-electron chi connectivity index (χ3n) is 7.59. The monoisotopic (exact) mass is 489 g/mol. The molecule has 2 aliphatic heterocycles. The van der Waals surface area contributed by atoms with Gasteiger partial charge in [0.15, 0.2) is 12.3 Å². The summed E-state index contributed by atoms with van der Waals surface area (Å²) in [6.07, 6.45) is -4.61. The van der Waals surface area contributed by atoms with Gasteiger partial charge in [0, 0.05) is 51.9 Å². The summed E-state index contributed by atoms with van der Waals surface area (Å²) in [5.41, 5.74) is 0.198. The highest BCUT2D eigenvalue weighted by Crippen LogP contribution is 2.40. The minimum atomic E-state index is -1.66. The van der Waals surface area contributed by atoms with Gasteiger partial charge < -0.3 is 44.3 Å². The molecule has 9 atom stereocenters. The third-order valence-corrected chi connectivity index (χ3v) is 7.59. The molecular formula is C24H43NO9. The van der Waals surface area contributed by atoms with E-state index in [4.69, 9.17) is 23.7 Å². The summed E-state index contributed by atoms with van der Waals surface area (Å²) >= 11 is 0. The van der Waals surface area contributed by atoms with E-state index in [1.54, 1.807) is 0 Å². The van der Waals surface area contributed by atoms with Crippen LogP contribution in [-0.4, -0.2) is 97.8 Å². The van der Waals surface area contributed by atoms with E-state index in [9.17, 15) is 20.1 Å². The first-order chi connectivity index (χ1) is 15.9. The van der Waals surface area contributed by atoms with E-state index in [1.165, 1.54) is 21.3 Å². The molecule has 0 aromatic rings. The lowest BCUT2D eigenvalue weighted by Crippen LogP contribution is -2.62. The van der Waals surface area contributed by atoms with Gasteiger partial charge in [-0.15, -0.1) is 0 Å². The Morgan fingerprint density at radius 3 is 2.41 bits per heavy atom. The van der Waals surface area contributed by atoms with E-state index in [-0.39, 0.29) is 31.5 Å². The van der Waals surface area contributed by atoms with Crippen molar-refractivity contribution >= 4 is 5.91 Å². The van der Waals surface area contributed by atoms with Gasteiger partial charge in [-0.1, -0.05) is 32.9 Å². The highest BCUT2D eigenvalue weighted by molar-refractivity contribution is 5.82. The summed E-state index contributed by atoms with van der Waals surface area (Å²) in [6.45, 7) is 11.4. The number of nitrogens with one attached hydrogen (secondary N) is 1. The summed E-state index contributed by atoms with van der Waals surface area (Å²) < 4.78 is 28.4. The SMILES string of the molecule is C=C1C[C@](OC)([C@H](O)C(=O)N[C@@H](OC)C2C[C@@H](O)C(C)(C)[C@@H](C[C@@H](CO)OC)O2)O[C@H](C)[C@@H]1C. The van der Waals surface area contributed by atoms with Crippen LogP contribution in [0.2, 0.25) is 0 Å². The second kappa shape index (κ2) is 11.7. The fourth-order valence-corrected chi connectivity index (χ4v) is 4.60. The maximum atomic E-state index is 13.1. The van der Waals surface area contributed by atoms with Gasteiger partial charge in [0.2, 0.25) is 5.79 Å². The van der Waals surface area contributed by atoms with Crippen molar-refractivity contribution in [2.45, 2.75) is 95.6 Å². The molecule has 4 N–H and O–H groups in total. The second-order valence-electron chi connectivity index (χ2n) is 10.0. The van der Waals surface area contributed by atoms with Crippen molar-refractivity contribution in [2.75, 3.05) is 27.9 Å². The minimum Gasteiger partial charge on any atom is -0.394 e. The molecule has 2 rings (SSSR count). The van der Waals surface area contributed by atoms with Gasteiger partial charge in [0.05, 0.1) is 31.0 Å². The molecule has 34 heavy (non-hydrogen) atoms. The van der Waals surface area contributed by atoms with E-state index < -0.39 is 53.9 Å². The van der Waals surface area contributed by atoms with Gasteiger partial charge >= 0.3 is 0 Å². The molecule has 2 heterocycles. The van der Waals surface area contributed by atoms with Crippen molar-refractivity contribution in [1.29, 1.82) is 0 Å². The molecule has 0 bridgehead atoms. The quantitative estimate of drug-likeness (QED) is 0.258. The molecule has 1 unspecified atom stereocenters. The van der Waals surface area contributed by atoms with Crippen molar-refractivity contribution in [3.8, 4) is 0 Å². The van der Waals surface area contributed by atoms with Gasteiger partial charge in [-0.05, 0) is 6.92 Å². The van der Waals surface area contributed by atoms with Crippen molar-refractivity contribution in [3.05, 3.63) is 12.2 Å². The Morgan fingerprint density at radius 2 is 1.91 bits per heavy atom. The van der Waals surface area contributed by atoms with Crippen molar-refractivity contribution in [3.63, 3.8) is 0 Å². The molecule has 2 aliphatic rings. The Balaban J connectivity index is 2.16. The number of amides is 1. The zero-order valence-corrected chi connectivity index (χ0v) is 21.4. The van der Waals surface area contributed by atoms with Crippen molar-refractivity contribution < 1.29 is 43.8 Å². The lowest BCUT2D eigenvalue weighted by atomic mass is 9.74. The number of aliphatic hydroxyl groups excluding tert-OH is 3. The highest BCUT2D eigenvalue weighted by atomic mass is 16.7. The van der Waals surface area contributed by atoms with Crippen LogP contribution in [-0.2, 0) is 28.5 Å². The van der Waals surface area contributed by atoms with Crippen LogP contribution in [0, 0.1) is 11.3 Å². The van der Waals surface area contributed by atoms with E-state index >= 15 is 0 Å². The van der Waals surface area contributed by atoms with Crippen molar-refractivity contribution in [2.24, 2.45) is 11.3 Å².